The number of hydrogen-bond acceptors (Lipinski definition) is 1. The number of rotatable bonds is 3. The van der Waals surface area contributed by atoms with E-state index < -0.39 is 0 Å². The zero-order chi connectivity index (χ0) is 14.9. The molecule has 0 atom stereocenters. The topological polar surface area (TPSA) is 48.6 Å². The Hall–Kier alpha value is -3.07. The number of ketones is 1. The molecule has 0 radical (unpaired) electrons. The first-order valence-electron chi connectivity index (χ1n) is 7.17. The van der Waals surface area contributed by atoms with Crippen LogP contribution in [0, 0.1) is 0 Å². The minimum Gasteiger partial charge on any atom is -0.361 e. The van der Waals surface area contributed by atoms with Crippen molar-refractivity contribution in [3.05, 3.63) is 78.1 Å². The predicted molar refractivity (Wildman–Crippen MR) is 90.0 cm³/mol. The number of allylic oxidation sites excluding steroid dienone is 1. The maximum absolute atomic E-state index is 12.4. The first-order chi connectivity index (χ1) is 10.8. The molecule has 4 rings (SSSR count). The molecule has 0 aliphatic carbocycles. The van der Waals surface area contributed by atoms with Crippen LogP contribution in [-0.2, 0) is 0 Å². The van der Waals surface area contributed by atoms with E-state index in [0.717, 1.165) is 27.4 Å². The van der Waals surface area contributed by atoms with Gasteiger partial charge in [-0.3, -0.25) is 4.79 Å². The molecule has 106 valence electrons. The molecular weight excluding hydrogens is 272 g/mol. The quantitative estimate of drug-likeness (QED) is 0.421. The number of para-hydroxylation sites is 2. The maximum atomic E-state index is 12.4. The minimum absolute atomic E-state index is 0.00253. The molecule has 2 N–H and O–H groups in total. The Morgan fingerprint density at radius 2 is 1.45 bits per heavy atom. The average molecular weight is 286 g/mol. The van der Waals surface area contributed by atoms with E-state index in [-0.39, 0.29) is 5.78 Å². The van der Waals surface area contributed by atoms with Gasteiger partial charge in [-0.1, -0.05) is 36.4 Å². The fourth-order valence-electron chi connectivity index (χ4n) is 2.76. The predicted octanol–water partition coefficient (Wildman–Crippen LogP) is 4.55. The summed E-state index contributed by atoms with van der Waals surface area (Å²) in [4.78, 5) is 18.8. The fraction of sp³-hybridized carbons (Fsp3) is 0. The van der Waals surface area contributed by atoms with Gasteiger partial charge in [0, 0.05) is 39.8 Å². The zero-order valence-corrected chi connectivity index (χ0v) is 11.8. The number of hydrogen-bond donors (Lipinski definition) is 2. The van der Waals surface area contributed by atoms with E-state index in [1.807, 2.05) is 60.8 Å². The van der Waals surface area contributed by atoms with Gasteiger partial charge < -0.3 is 9.97 Å². The van der Waals surface area contributed by atoms with Gasteiger partial charge in [0.25, 0.3) is 0 Å². The summed E-state index contributed by atoms with van der Waals surface area (Å²) in [6, 6.07) is 15.9. The molecule has 2 heterocycles. The Morgan fingerprint density at radius 1 is 0.818 bits per heavy atom. The van der Waals surface area contributed by atoms with Crippen molar-refractivity contribution < 1.29 is 4.79 Å². The van der Waals surface area contributed by atoms with Crippen LogP contribution < -0.4 is 0 Å². The normalized spacial score (nSPS) is 11.6. The molecule has 0 aliphatic rings. The van der Waals surface area contributed by atoms with Gasteiger partial charge in [0.15, 0.2) is 5.78 Å². The SMILES string of the molecule is O=C(/C=C/c1c[nH]c2ccccc12)c1c[nH]c2ccccc12. The van der Waals surface area contributed by atoms with Crippen LogP contribution in [0.5, 0.6) is 0 Å². The number of fused-ring (bicyclic) bond motifs is 2. The third kappa shape index (κ3) is 2.04. The van der Waals surface area contributed by atoms with Crippen molar-refractivity contribution in [2.75, 3.05) is 0 Å². The molecule has 3 heteroatoms. The average Bonchev–Trinajstić information content (AvgIpc) is 3.17. The minimum atomic E-state index is 0.00253. The second kappa shape index (κ2) is 5.04. The Labute approximate surface area is 127 Å². The molecule has 0 unspecified atom stereocenters. The largest absolute Gasteiger partial charge is 0.361 e. The molecule has 0 saturated heterocycles. The standard InChI is InChI=1S/C19H14N2O/c22-19(16-12-21-18-8-4-2-6-15(16)18)10-9-13-11-20-17-7-3-1-5-14(13)17/h1-12,20-21H/b10-9+. The highest BCUT2D eigenvalue weighted by atomic mass is 16.1. The number of carbonyl (C=O) groups is 1. The summed E-state index contributed by atoms with van der Waals surface area (Å²) in [7, 11) is 0. The molecule has 0 fully saturated rings. The van der Waals surface area contributed by atoms with Crippen molar-refractivity contribution in [1.29, 1.82) is 0 Å². The van der Waals surface area contributed by atoms with Crippen molar-refractivity contribution in [1.82, 2.24) is 9.97 Å². The summed E-state index contributed by atoms with van der Waals surface area (Å²) >= 11 is 0. The van der Waals surface area contributed by atoms with Gasteiger partial charge >= 0.3 is 0 Å². The lowest BCUT2D eigenvalue weighted by molar-refractivity contribution is 0.104. The smallest absolute Gasteiger partial charge is 0.188 e. The van der Waals surface area contributed by atoms with E-state index in [9.17, 15) is 4.79 Å². The summed E-state index contributed by atoms with van der Waals surface area (Å²) in [6.45, 7) is 0. The monoisotopic (exact) mass is 286 g/mol. The van der Waals surface area contributed by atoms with Crippen LogP contribution >= 0.6 is 0 Å². The number of carbonyl (C=O) groups excluding carboxylic acids is 1. The van der Waals surface area contributed by atoms with Crippen LogP contribution in [0.3, 0.4) is 0 Å². The van der Waals surface area contributed by atoms with Crippen molar-refractivity contribution in [3.8, 4) is 0 Å². The maximum Gasteiger partial charge on any atom is 0.188 e. The van der Waals surface area contributed by atoms with Crippen molar-refractivity contribution in [2.24, 2.45) is 0 Å². The van der Waals surface area contributed by atoms with Crippen LogP contribution in [0.1, 0.15) is 15.9 Å². The second-order valence-corrected chi connectivity index (χ2v) is 5.24. The van der Waals surface area contributed by atoms with Crippen LogP contribution in [0.25, 0.3) is 27.9 Å². The Morgan fingerprint density at radius 3 is 2.27 bits per heavy atom. The molecule has 0 saturated carbocycles. The van der Waals surface area contributed by atoms with Gasteiger partial charge in [-0.15, -0.1) is 0 Å². The number of aromatic nitrogens is 2. The summed E-state index contributed by atoms with van der Waals surface area (Å²) < 4.78 is 0. The van der Waals surface area contributed by atoms with Gasteiger partial charge in [0.05, 0.1) is 0 Å². The van der Waals surface area contributed by atoms with E-state index >= 15 is 0 Å². The van der Waals surface area contributed by atoms with Gasteiger partial charge in [-0.25, -0.2) is 0 Å². The van der Waals surface area contributed by atoms with E-state index in [1.165, 1.54) is 0 Å². The van der Waals surface area contributed by atoms with E-state index in [1.54, 1.807) is 12.3 Å². The Kier molecular flexibility index (Phi) is 2.90. The molecule has 2 aromatic heterocycles. The van der Waals surface area contributed by atoms with Crippen LogP contribution in [0.4, 0.5) is 0 Å². The molecule has 0 aliphatic heterocycles. The lowest BCUT2D eigenvalue weighted by Gasteiger charge is -1.94. The van der Waals surface area contributed by atoms with E-state index in [0.29, 0.717) is 5.56 Å². The zero-order valence-electron chi connectivity index (χ0n) is 11.8. The number of H-pyrrole nitrogens is 2. The number of aromatic amines is 2. The lowest BCUT2D eigenvalue weighted by atomic mass is 10.1. The van der Waals surface area contributed by atoms with Gasteiger partial charge in [0.2, 0.25) is 0 Å². The lowest BCUT2D eigenvalue weighted by Crippen LogP contribution is -1.91. The molecular formula is C19H14N2O. The number of benzene rings is 2. The molecule has 3 nitrogen and oxygen atoms in total. The Balaban J connectivity index is 1.69. The molecule has 0 spiro atoms. The first kappa shape index (κ1) is 12.7. The summed E-state index contributed by atoms with van der Waals surface area (Å²) in [5.74, 6) is 0.00253. The van der Waals surface area contributed by atoms with Crippen molar-refractivity contribution >= 4 is 33.7 Å². The van der Waals surface area contributed by atoms with E-state index in [2.05, 4.69) is 9.97 Å². The molecule has 0 amide bonds. The van der Waals surface area contributed by atoms with Crippen LogP contribution in [0.15, 0.2) is 67.0 Å². The molecule has 0 bridgehead atoms. The first-order valence-corrected chi connectivity index (χ1v) is 7.17. The van der Waals surface area contributed by atoms with Crippen molar-refractivity contribution in [2.45, 2.75) is 0 Å². The van der Waals surface area contributed by atoms with Gasteiger partial charge in [-0.2, -0.15) is 0 Å². The molecule has 4 aromatic rings. The molecule has 22 heavy (non-hydrogen) atoms. The van der Waals surface area contributed by atoms with Gasteiger partial charge in [0.1, 0.15) is 0 Å². The fourth-order valence-corrected chi connectivity index (χ4v) is 2.76. The second-order valence-electron chi connectivity index (χ2n) is 5.24. The highest BCUT2D eigenvalue weighted by molar-refractivity contribution is 6.15. The van der Waals surface area contributed by atoms with E-state index in [4.69, 9.17) is 0 Å². The van der Waals surface area contributed by atoms with Crippen LogP contribution in [0.2, 0.25) is 0 Å². The third-order valence-corrected chi connectivity index (χ3v) is 3.89. The van der Waals surface area contributed by atoms with Crippen LogP contribution in [-0.4, -0.2) is 15.8 Å². The van der Waals surface area contributed by atoms with Crippen molar-refractivity contribution in [3.63, 3.8) is 0 Å². The highest BCUT2D eigenvalue weighted by Gasteiger charge is 2.09. The third-order valence-electron chi connectivity index (χ3n) is 3.89. The van der Waals surface area contributed by atoms with Gasteiger partial charge in [-0.05, 0) is 29.8 Å². The highest BCUT2D eigenvalue weighted by Crippen LogP contribution is 2.21. The molecule has 2 aromatic carbocycles. The summed E-state index contributed by atoms with van der Waals surface area (Å²) in [6.07, 6.45) is 7.18. The Bertz CT molecular complexity index is 1000. The summed E-state index contributed by atoms with van der Waals surface area (Å²) in [5.41, 5.74) is 3.77. The summed E-state index contributed by atoms with van der Waals surface area (Å²) in [5, 5.41) is 2.07. The number of nitrogens with one attached hydrogen (secondary N) is 2.